The van der Waals surface area contributed by atoms with Crippen molar-refractivity contribution in [3.05, 3.63) is 75.9 Å². The number of thioether (sulfide) groups is 1. The molecule has 6 rings (SSSR count). The summed E-state index contributed by atoms with van der Waals surface area (Å²) < 4.78 is 5.81. The lowest BCUT2D eigenvalue weighted by molar-refractivity contribution is -0.268. The maximum absolute atomic E-state index is 12.9. The molecule has 2 aromatic rings. The third kappa shape index (κ3) is 6.50. The summed E-state index contributed by atoms with van der Waals surface area (Å²) in [5.74, 6) is -1.11. The van der Waals surface area contributed by atoms with E-state index in [1.807, 2.05) is 11.8 Å². The second-order valence-corrected chi connectivity index (χ2v) is 12.6. The van der Waals surface area contributed by atoms with Crippen LogP contribution in [0.4, 0.5) is 4.79 Å². The molecule has 0 radical (unpaired) electrons. The van der Waals surface area contributed by atoms with Crippen LogP contribution in [-0.2, 0) is 4.79 Å². The third-order valence-corrected chi connectivity index (χ3v) is 9.77. The van der Waals surface area contributed by atoms with Gasteiger partial charge in [-0.1, -0.05) is 24.6 Å². The minimum atomic E-state index is -1.27. The summed E-state index contributed by atoms with van der Waals surface area (Å²) in [6.07, 6.45) is 2.86. The number of carbonyl (C=O) groups excluding carboxylic acids is 3. The zero-order valence-corrected chi connectivity index (χ0v) is 25.4. The molecule has 2 saturated heterocycles. The highest BCUT2D eigenvalue weighted by Crippen LogP contribution is 2.42. The summed E-state index contributed by atoms with van der Waals surface area (Å²) in [6, 6.07) is 12.8. The first-order chi connectivity index (χ1) is 22.2. The van der Waals surface area contributed by atoms with Gasteiger partial charge in [-0.15, -0.1) is 5.75 Å². The highest BCUT2D eigenvalue weighted by Gasteiger charge is 2.42. The van der Waals surface area contributed by atoms with Crippen molar-refractivity contribution in [1.82, 2.24) is 21.3 Å². The summed E-state index contributed by atoms with van der Waals surface area (Å²) in [7, 11) is 0. The molecule has 3 heterocycles. The average Bonchev–Trinajstić information content (AvgIpc) is 3.58. The molecule has 2 aromatic carbocycles. The zero-order valence-electron chi connectivity index (χ0n) is 24.6. The van der Waals surface area contributed by atoms with Gasteiger partial charge < -0.3 is 35.9 Å². The fraction of sp³-hybridized carbons (Fsp3) is 0.303. The number of nitrogens with one attached hydrogen (secondary N) is 4. The van der Waals surface area contributed by atoms with Gasteiger partial charge in [0.05, 0.1) is 17.6 Å². The average molecular weight is 644 g/mol. The van der Waals surface area contributed by atoms with E-state index in [1.165, 1.54) is 42.5 Å². The van der Waals surface area contributed by atoms with Gasteiger partial charge in [-0.3, -0.25) is 14.4 Å². The van der Waals surface area contributed by atoms with Crippen LogP contribution >= 0.6 is 11.8 Å². The van der Waals surface area contributed by atoms with Gasteiger partial charge in [-0.05, 0) is 48.7 Å². The van der Waals surface area contributed by atoms with Gasteiger partial charge in [0.1, 0.15) is 11.3 Å². The Morgan fingerprint density at radius 2 is 1.76 bits per heavy atom. The lowest BCUT2D eigenvalue weighted by Gasteiger charge is -2.18. The van der Waals surface area contributed by atoms with Gasteiger partial charge in [-0.2, -0.15) is 11.8 Å². The molecule has 3 aliphatic heterocycles. The normalized spacial score (nSPS) is 18.6. The summed E-state index contributed by atoms with van der Waals surface area (Å²) in [6.45, 7) is 0.358. The first-order valence-corrected chi connectivity index (χ1v) is 16.0. The van der Waals surface area contributed by atoms with Crippen molar-refractivity contribution in [2.45, 2.75) is 43.0 Å². The molecule has 46 heavy (non-hydrogen) atoms. The van der Waals surface area contributed by atoms with E-state index in [-0.39, 0.29) is 76.3 Å². The number of unbranched alkanes of at least 4 members (excludes halogenated alkanes) is 1. The predicted molar refractivity (Wildman–Crippen MR) is 170 cm³/mol. The van der Waals surface area contributed by atoms with E-state index in [0.717, 1.165) is 18.6 Å². The minimum Gasteiger partial charge on any atom is -0.872 e. The van der Waals surface area contributed by atoms with E-state index in [4.69, 9.17) is 4.42 Å². The smallest absolute Gasteiger partial charge is 0.336 e. The fourth-order valence-corrected chi connectivity index (χ4v) is 7.61. The fourth-order valence-electron chi connectivity index (χ4n) is 6.06. The molecule has 5 N–H and O–H groups in total. The number of aromatic carboxylic acids is 1. The largest absolute Gasteiger partial charge is 0.872 e. The molecule has 0 bridgehead atoms. The quantitative estimate of drug-likeness (QED) is 0.0930. The number of amides is 4. The maximum Gasteiger partial charge on any atom is 0.336 e. The number of hydrogen-bond donors (Lipinski definition) is 5. The summed E-state index contributed by atoms with van der Waals surface area (Å²) >= 11 is 1.84. The molecule has 0 saturated carbocycles. The van der Waals surface area contributed by atoms with Crippen LogP contribution < -0.4 is 31.8 Å². The first kappa shape index (κ1) is 31.0. The van der Waals surface area contributed by atoms with E-state index < -0.39 is 11.9 Å². The summed E-state index contributed by atoms with van der Waals surface area (Å²) in [4.78, 5) is 61.2. The maximum atomic E-state index is 12.9. The number of carboxylic acids is 1. The number of carboxylic acid groups (broad SMARTS) is 1. The second-order valence-electron chi connectivity index (χ2n) is 11.3. The molecule has 1 aliphatic carbocycles. The lowest BCUT2D eigenvalue weighted by Crippen LogP contribution is -2.36. The van der Waals surface area contributed by atoms with Crippen molar-refractivity contribution in [3.63, 3.8) is 0 Å². The Morgan fingerprint density at radius 1 is 0.957 bits per heavy atom. The molecule has 2 fully saturated rings. The Balaban J connectivity index is 1.06. The molecule has 13 heteroatoms. The van der Waals surface area contributed by atoms with Crippen LogP contribution in [0.3, 0.4) is 0 Å². The van der Waals surface area contributed by atoms with Gasteiger partial charge in [0.15, 0.2) is 5.43 Å². The molecular weight excluding hydrogens is 612 g/mol. The number of benzene rings is 3. The van der Waals surface area contributed by atoms with Gasteiger partial charge in [0.2, 0.25) is 5.91 Å². The predicted octanol–water partition coefficient (Wildman–Crippen LogP) is 2.91. The molecule has 4 amide bonds. The summed E-state index contributed by atoms with van der Waals surface area (Å²) in [5.41, 5.74) is 1.08. The monoisotopic (exact) mass is 643 g/mol. The third-order valence-electron chi connectivity index (χ3n) is 8.26. The summed E-state index contributed by atoms with van der Waals surface area (Å²) in [5, 5.41) is 34.4. The Hall–Kier alpha value is -5.04. The van der Waals surface area contributed by atoms with Gasteiger partial charge in [-0.25, -0.2) is 9.59 Å². The van der Waals surface area contributed by atoms with Crippen LogP contribution in [-0.4, -0.2) is 65.1 Å². The van der Waals surface area contributed by atoms with Crippen LogP contribution in [0.15, 0.2) is 63.8 Å². The standard InChI is InChI=1S/C33H32N4O8S/c38-18-6-9-21-25(14-18)45-26-15-19(39)7-10-22(26)29(21)20-8-5-17(13-23(20)32(42)43)31(41)35-12-11-34-28(40)4-2-1-3-27-30-24(16-46-27)36-33(44)37-30/h5-10,13-15,24,27,30,38H,1-4,11-12,16H2,(H,34,40)(H,35,41)(H,42,43)(H2,36,37,44)/p-1/t24-,27-,30-/m0/s1. The van der Waals surface area contributed by atoms with Gasteiger partial charge in [0.25, 0.3) is 5.91 Å². The Morgan fingerprint density at radius 3 is 2.59 bits per heavy atom. The lowest BCUT2D eigenvalue weighted by atomic mass is 9.90. The van der Waals surface area contributed by atoms with E-state index in [0.29, 0.717) is 34.6 Å². The molecule has 12 nitrogen and oxygen atoms in total. The number of hydrogen-bond acceptors (Lipinski definition) is 8. The van der Waals surface area contributed by atoms with Crippen molar-refractivity contribution in [3.8, 4) is 28.2 Å². The molecule has 238 valence electrons. The van der Waals surface area contributed by atoms with Crippen molar-refractivity contribution in [1.29, 1.82) is 0 Å². The Bertz CT molecular complexity index is 1870. The molecule has 0 spiro atoms. The minimum absolute atomic E-state index is 0.112. The zero-order chi connectivity index (χ0) is 32.4. The number of urea groups is 1. The van der Waals surface area contributed by atoms with Crippen LogP contribution in [0.25, 0.3) is 33.4 Å². The highest BCUT2D eigenvalue weighted by molar-refractivity contribution is 8.00. The molecule has 3 atom stereocenters. The van der Waals surface area contributed by atoms with Gasteiger partial charge in [0, 0.05) is 58.7 Å². The van der Waals surface area contributed by atoms with Crippen LogP contribution in [0, 0.1) is 0 Å². The highest BCUT2D eigenvalue weighted by atomic mass is 32.2. The topological polar surface area (TPSA) is 190 Å². The van der Waals surface area contributed by atoms with E-state index in [1.54, 1.807) is 12.1 Å². The molecule has 0 unspecified atom stereocenters. The van der Waals surface area contributed by atoms with Crippen molar-refractivity contribution < 1.29 is 33.8 Å². The van der Waals surface area contributed by atoms with Crippen molar-refractivity contribution in [2.75, 3.05) is 18.8 Å². The number of rotatable bonds is 11. The Labute approximate surface area is 267 Å². The van der Waals surface area contributed by atoms with E-state index >= 15 is 0 Å². The van der Waals surface area contributed by atoms with Crippen molar-refractivity contribution in [2.24, 2.45) is 0 Å². The first-order valence-electron chi connectivity index (χ1n) is 15.0. The van der Waals surface area contributed by atoms with E-state index in [9.17, 15) is 34.2 Å². The number of fused-ring (bicyclic) bond motifs is 3. The van der Waals surface area contributed by atoms with Gasteiger partial charge >= 0.3 is 12.0 Å². The van der Waals surface area contributed by atoms with E-state index in [2.05, 4.69) is 21.3 Å². The molecule has 4 aliphatic rings. The molecular formula is C33H31N4O8S-. The van der Waals surface area contributed by atoms with Crippen LogP contribution in [0.5, 0.6) is 5.75 Å². The second kappa shape index (κ2) is 13.1. The SMILES string of the molecule is O=C(CCCC[C@@H]1SC[C@@H]2NC(=O)N[C@@H]21)NCCNC(=O)c1ccc(-c2c3ccc(=O)cc-3oc3cc([O-])ccc23)c(C(=O)O)c1. The molecule has 0 aromatic heterocycles. The Kier molecular flexibility index (Phi) is 8.84. The van der Waals surface area contributed by atoms with Crippen LogP contribution in [0.2, 0.25) is 0 Å². The van der Waals surface area contributed by atoms with Crippen molar-refractivity contribution >= 4 is 46.5 Å². The number of carbonyl (C=O) groups is 4. The van der Waals surface area contributed by atoms with Crippen LogP contribution in [0.1, 0.15) is 46.4 Å².